The molecule has 0 aromatic heterocycles. The van der Waals surface area contributed by atoms with Gasteiger partial charge < -0.3 is 14.6 Å². The van der Waals surface area contributed by atoms with E-state index in [2.05, 4.69) is 0 Å². The summed E-state index contributed by atoms with van der Waals surface area (Å²) in [5.74, 6) is 1.62. The van der Waals surface area contributed by atoms with Crippen molar-refractivity contribution in [2.75, 3.05) is 34.4 Å². The van der Waals surface area contributed by atoms with Crippen molar-refractivity contribution in [3.8, 4) is 11.5 Å². The van der Waals surface area contributed by atoms with Crippen LogP contribution in [-0.4, -0.2) is 44.4 Å². The van der Waals surface area contributed by atoms with Crippen molar-refractivity contribution < 1.29 is 14.6 Å². The maximum Gasteiger partial charge on any atom is 0.124 e. The largest absolute Gasteiger partial charge is 0.497 e. The monoisotopic (exact) mass is 237 g/mol. The predicted octanol–water partition coefficient (Wildman–Crippen LogP) is 1.23. The molecule has 4 nitrogen and oxygen atoms in total. The molecule has 17 heavy (non-hydrogen) atoms. The summed E-state index contributed by atoms with van der Waals surface area (Å²) in [6.45, 7) is 0.696. The molecular weight excluding hydrogens is 218 g/mol. The minimum Gasteiger partial charge on any atom is -0.497 e. The van der Waals surface area contributed by atoms with Gasteiger partial charge in [-0.05, 0) is 32.3 Å². The second kappa shape index (κ2) is 4.55. The van der Waals surface area contributed by atoms with E-state index < -0.39 is 0 Å². The highest BCUT2D eigenvalue weighted by molar-refractivity contribution is 5.46. The molecule has 0 spiro atoms. The fourth-order valence-electron chi connectivity index (χ4n) is 2.36. The van der Waals surface area contributed by atoms with Gasteiger partial charge in [0, 0.05) is 12.0 Å². The number of hydrogen-bond donors (Lipinski definition) is 1. The van der Waals surface area contributed by atoms with Crippen LogP contribution in [0.3, 0.4) is 0 Å². The third kappa shape index (κ3) is 1.87. The number of aliphatic hydroxyl groups excluding tert-OH is 1. The summed E-state index contributed by atoms with van der Waals surface area (Å²) in [6, 6.07) is 5.73. The summed E-state index contributed by atoms with van der Waals surface area (Å²) >= 11 is 0. The molecule has 1 atom stereocenters. The lowest BCUT2D eigenvalue weighted by Gasteiger charge is -2.42. The second-order valence-corrected chi connectivity index (χ2v) is 4.54. The van der Waals surface area contributed by atoms with E-state index >= 15 is 0 Å². The number of likely N-dealkylation sites (N-methyl/N-ethyl adjacent to an activating group) is 1. The van der Waals surface area contributed by atoms with Crippen LogP contribution in [0.15, 0.2) is 18.2 Å². The number of rotatable bonds is 3. The Morgan fingerprint density at radius 1 is 1.47 bits per heavy atom. The smallest absolute Gasteiger partial charge is 0.124 e. The van der Waals surface area contributed by atoms with Gasteiger partial charge in [0.05, 0.1) is 25.9 Å². The summed E-state index contributed by atoms with van der Waals surface area (Å²) in [6.07, 6.45) is 0.774. The maximum atomic E-state index is 9.78. The first kappa shape index (κ1) is 12.2. The second-order valence-electron chi connectivity index (χ2n) is 4.54. The molecule has 94 valence electrons. The third-order valence-electron chi connectivity index (χ3n) is 3.58. The normalized spacial score (nSPS) is 23.1. The lowest BCUT2D eigenvalue weighted by Crippen LogP contribution is -2.48. The van der Waals surface area contributed by atoms with Gasteiger partial charge in [-0.3, -0.25) is 4.90 Å². The summed E-state index contributed by atoms with van der Waals surface area (Å²) in [4.78, 5) is 2.05. The Balaban J connectivity index is 2.54. The highest BCUT2D eigenvalue weighted by Crippen LogP contribution is 2.41. The van der Waals surface area contributed by atoms with Crippen LogP contribution in [0.4, 0.5) is 0 Å². The van der Waals surface area contributed by atoms with Crippen LogP contribution >= 0.6 is 0 Å². The number of fused-ring (bicyclic) bond motifs is 1. The first-order chi connectivity index (χ1) is 8.14. The minimum atomic E-state index is -0.373. The molecule has 0 saturated carbocycles. The van der Waals surface area contributed by atoms with Crippen LogP contribution in [0, 0.1) is 0 Å². The van der Waals surface area contributed by atoms with Gasteiger partial charge in [-0.15, -0.1) is 0 Å². The van der Waals surface area contributed by atoms with Crippen LogP contribution in [0.2, 0.25) is 0 Å². The molecule has 0 amide bonds. The molecular formula is C13H19NO3. The number of hydrogen-bond acceptors (Lipinski definition) is 4. The summed E-state index contributed by atoms with van der Waals surface area (Å²) in [5, 5.41) is 9.78. The fraction of sp³-hybridized carbons (Fsp3) is 0.538. The lowest BCUT2D eigenvalue weighted by atomic mass is 9.84. The number of nitrogens with zero attached hydrogens (tertiary/aromatic N) is 1. The van der Waals surface area contributed by atoms with Gasteiger partial charge in [0.1, 0.15) is 11.5 Å². The lowest BCUT2D eigenvalue weighted by molar-refractivity contribution is 0.0281. The molecule has 0 aliphatic carbocycles. The first-order valence-electron chi connectivity index (χ1n) is 5.73. The van der Waals surface area contributed by atoms with Gasteiger partial charge in [0.25, 0.3) is 0 Å². The van der Waals surface area contributed by atoms with Gasteiger partial charge >= 0.3 is 0 Å². The van der Waals surface area contributed by atoms with Crippen LogP contribution in [0.25, 0.3) is 0 Å². The highest BCUT2D eigenvalue weighted by Gasteiger charge is 2.39. The predicted molar refractivity (Wildman–Crippen MR) is 65.6 cm³/mol. The molecule has 0 saturated heterocycles. The molecule has 1 unspecified atom stereocenters. The molecule has 1 heterocycles. The van der Waals surface area contributed by atoms with Crippen LogP contribution in [0.5, 0.6) is 11.5 Å². The molecule has 1 N–H and O–H groups in total. The van der Waals surface area contributed by atoms with E-state index in [1.807, 2.05) is 37.2 Å². The summed E-state index contributed by atoms with van der Waals surface area (Å²) in [5.41, 5.74) is 0.623. The van der Waals surface area contributed by atoms with Gasteiger partial charge in [-0.1, -0.05) is 0 Å². The number of aliphatic hydroxyl groups is 1. The van der Waals surface area contributed by atoms with Crippen molar-refractivity contribution in [1.82, 2.24) is 4.90 Å². The van der Waals surface area contributed by atoms with Crippen molar-refractivity contribution in [3.63, 3.8) is 0 Å². The standard InChI is InChI=1S/C13H19NO3/c1-14(2)13(9-15)6-7-17-12-5-4-10(16-3)8-11(12)13/h4-5,8,15H,6-7,9H2,1-3H3. The summed E-state index contributed by atoms with van der Waals surface area (Å²) < 4.78 is 10.9. The zero-order chi connectivity index (χ0) is 12.5. The Hall–Kier alpha value is -1.26. The number of methoxy groups -OCH3 is 1. The Morgan fingerprint density at radius 3 is 2.82 bits per heavy atom. The van der Waals surface area contributed by atoms with Gasteiger partial charge in [-0.25, -0.2) is 0 Å². The highest BCUT2D eigenvalue weighted by atomic mass is 16.5. The van der Waals surface area contributed by atoms with E-state index in [0.717, 1.165) is 23.5 Å². The van der Waals surface area contributed by atoms with E-state index in [9.17, 15) is 5.11 Å². The minimum absolute atomic E-state index is 0.0729. The van der Waals surface area contributed by atoms with Gasteiger partial charge in [-0.2, -0.15) is 0 Å². The first-order valence-corrected chi connectivity index (χ1v) is 5.73. The van der Waals surface area contributed by atoms with Crippen molar-refractivity contribution in [1.29, 1.82) is 0 Å². The quantitative estimate of drug-likeness (QED) is 0.858. The van der Waals surface area contributed by atoms with E-state index in [-0.39, 0.29) is 12.1 Å². The van der Waals surface area contributed by atoms with E-state index in [1.54, 1.807) is 7.11 Å². The molecule has 0 fully saturated rings. The van der Waals surface area contributed by atoms with Crippen molar-refractivity contribution in [3.05, 3.63) is 23.8 Å². The van der Waals surface area contributed by atoms with E-state index in [0.29, 0.717) is 6.61 Å². The molecule has 0 radical (unpaired) electrons. The van der Waals surface area contributed by atoms with Crippen molar-refractivity contribution in [2.24, 2.45) is 0 Å². The number of ether oxygens (including phenoxy) is 2. The summed E-state index contributed by atoms with van der Waals surface area (Å²) in [7, 11) is 5.59. The van der Waals surface area contributed by atoms with E-state index in [4.69, 9.17) is 9.47 Å². The topological polar surface area (TPSA) is 41.9 Å². The van der Waals surface area contributed by atoms with E-state index in [1.165, 1.54) is 0 Å². The average molecular weight is 237 g/mol. The van der Waals surface area contributed by atoms with Gasteiger partial charge in [0.15, 0.2) is 0 Å². The zero-order valence-corrected chi connectivity index (χ0v) is 10.6. The molecule has 2 rings (SSSR count). The zero-order valence-electron chi connectivity index (χ0n) is 10.6. The number of benzene rings is 1. The molecule has 1 aliphatic heterocycles. The molecule has 1 aromatic carbocycles. The Morgan fingerprint density at radius 2 is 2.24 bits per heavy atom. The van der Waals surface area contributed by atoms with Crippen LogP contribution < -0.4 is 9.47 Å². The SMILES string of the molecule is COc1ccc2c(c1)C(CO)(N(C)C)CCO2. The molecule has 0 bridgehead atoms. The molecule has 4 heteroatoms. The van der Waals surface area contributed by atoms with Crippen LogP contribution in [0.1, 0.15) is 12.0 Å². The van der Waals surface area contributed by atoms with Crippen LogP contribution in [-0.2, 0) is 5.54 Å². The Bertz CT molecular complexity index is 406. The van der Waals surface area contributed by atoms with Crippen molar-refractivity contribution in [2.45, 2.75) is 12.0 Å². The molecule has 1 aliphatic rings. The van der Waals surface area contributed by atoms with Gasteiger partial charge in [0.2, 0.25) is 0 Å². The Kier molecular flexibility index (Phi) is 3.26. The fourth-order valence-corrected chi connectivity index (χ4v) is 2.36. The Labute approximate surface area is 102 Å². The molecule has 1 aromatic rings. The van der Waals surface area contributed by atoms with Crippen molar-refractivity contribution >= 4 is 0 Å². The maximum absolute atomic E-state index is 9.78. The average Bonchev–Trinajstić information content (AvgIpc) is 2.37. The third-order valence-corrected chi connectivity index (χ3v) is 3.58.